The van der Waals surface area contributed by atoms with Crippen LogP contribution in [0.1, 0.15) is 174 Å². The molecule has 0 saturated carbocycles. The van der Waals surface area contributed by atoms with E-state index in [-0.39, 0.29) is 0 Å². The number of para-hydroxylation sites is 1. The summed E-state index contributed by atoms with van der Waals surface area (Å²) in [5.41, 5.74) is 4.28. The van der Waals surface area contributed by atoms with Crippen LogP contribution in [0.4, 0.5) is 11.4 Å². The summed E-state index contributed by atoms with van der Waals surface area (Å²) in [7, 11) is 0. The summed E-state index contributed by atoms with van der Waals surface area (Å²) in [4.78, 5) is 9.65. The van der Waals surface area contributed by atoms with Crippen LogP contribution in [0.5, 0.6) is 0 Å². The minimum absolute atomic E-state index is 0.962. The highest BCUT2D eigenvalue weighted by Gasteiger charge is 2.00. The molecule has 0 spiro atoms. The Balaban J connectivity index is 1.52. The van der Waals surface area contributed by atoms with Gasteiger partial charge in [-0.2, -0.15) is 0 Å². The summed E-state index contributed by atoms with van der Waals surface area (Å²) in [6.07, 6.45) is 39.5. The van der Waals surface area contributed by atoms with Gasteiger partial charge in [-0.1, -0.05) is 185 Å². The van der Waals surface area contributed by atoms with Crippen molar-refractivity contribution in [1.82, 2.24) is 0 Å². The molecule has 0 fully saturated rings. The minimum atomic E-state index is 0.962. The number of benzene rings is 2. The van der Waals surface area contributed by atoms with Crippen LogP contribution >= 0.6 is 0 Å². The summed E-state index contributed by atoms with van der Waals surface area (Å²) in [6.45, 7) is 4.54. The molecular formula is C42H66N2. The van der Waals surface area contributed by atoms with Crippen LogP contribution in [0.25, 0.3) is 6.08 Å². The molecule has 2 aromatic carbocycles. The standard InChI is InChI=1S/C42H66N2/c1-3-5-7-8-9-10-11-12-13-14-15-16-17-18-19-20-21-22-23-24-27-31-39-32-30-36-41(37-39)44-42(35-26-6-4-2)38-43-40-33-28-25-29-34-40/h25,27-34,36-38H,3-24,26,35H2,1-2H3/b31-27+,43-38?,44-42?. The fraction of sp³-hybridized carbons (Fsp3) is 0.619. The van der Waals surface area contributed by atoms with E-state index in [1.165, 1.54) is 147 Å². The topological polar surface area (TPSA) is 24.7 Å². The average molecular weight is 599 g/mol. The highest BCUT2D eigenvalue weighted by molar-refractivity contribution is 6.31. The van der Waals surface area contributed by atoms with Crippen LogP contribution in [0.2, 0.25) is 0 Å². The quantitative estimate of drug-likeness (QED) is 0.0687. The van der Waals surface area contributed by atoms with Crippen LogP contribution in [-0.2, 0) is 0 Å². The highest BCUT2D eigenvalue weighted by Crippen LogP contribution is 2.19. The monoisotopic (exact) mass is 599 g/mol. The van der Waals surface area contributed by atoms with Gasteiger partial charge < -0.3 is 0 Å². The molecule has 0 aliphatic carbocycles. The number of rotatable bonds is 28. The van der Waals surface area contributed by atoms with Gasteiger partial charge in [0.2, 0.25) is 0 Å². The van der Waals surface area contributed by atoms with Crippen molar-refractivity contribution in [2.45, 2.75) is 168 Å². The number of unbranched alkanes of at least 4 members (excludes halogenated alkanes) is 21. The first-order valence-corrected chi connectivity index (χ1v) is 18.7. The summed E-state index contributed by atoms with van der Waals surface area (Å²) < 4.78 is 0. The van der Waals surface area contributed by atoms with Gasteiger partial charge in [-0.3, -0.25) is 9.98 Å². The van der Waals surface area contributed by atoms with E-state index in [0.717, 1.165) is 29.9 Å². The van der Waals surface area contributed by atoms with Crippen molar-refractivity contribution < 1.29 is 0 Å². The molecule has 0 aliphatic rings. The zero-order valence-corrected chi connectivity index (χ0v) is 28.8. The van der Waals surface area contributed by atoms with Gasteiger partial charge in [0.1, 0.15) is 0 Å². The first-order valence-electron chi connectivity index (χ1n) is 18.7. The lowest BCUT2D eigenvalue weighted by Crippen LogP contribution is -1.99. The van der Waals surface area contributed by atoms with Crippen molar-refractivity contribution in [3.05, 3.63) is 66.2 Å². The third kappa shape index (κ3) is 21.3. The van der Waals surface area contributed by atoms with Gasteiger partial charge in [-0.05, 0) is 55.5 Å². The molecule has 0 heterocycles. The predicted octanol–water partition coefficient (Wildman–Crippen LogP) is 14.6. The Morgan fingerprint density at radius 2 is 1.02 bits per heavy atom. The zero-order chi connectivity index (χ0) is 31.2. The molecule has 244 valence electrons. The summed E-state index contributed by atoms with van der Waals surface area (Å²) >= 11 is 0. The molecule has 0 radical (unpaired) electrons. The van der Waals surface area contributed by atoms with Gasteiger partial charge in [0.15, 0.2) is 0 Å². The van der Waals surface area contributed by atoms with Crippen LogP contribution in [0.3, 0.4) is 0 Å². The van der Waals surface area contributed by atoms with E-state index in [9.17, 15) is 0 Å². The fourth-order valence-corrected chi connectivity index (χ4v) is 5.79. The van der Waals surface area contributed by atoms with Gasteiger partial charge in [0.05, 0.1) is 17.1 Å². The SMILES string of the molecule is CCCCCCCCCCCCCCCCCCCCC/C=C/c1cccc(N=C(C=Nc2ccccc2)CCCCC)c1. The van der Waals surface area contributed by atoms with Gasteiger partial charge in [0.25, 0.3) is 0 Å². The average Bonchev–Trinajstić information content (AvgIpc) is 3.05. The highest BCUT2D eigenvalue weighted by atomic mass is 14.8. The third-order valence-electron chi connectivity index (χ3n) is 8.58. The lowest BCUT2D eigenvalue weighted by Gasteiger charge is -2.04. The van der Waals surface area contributed by atoms with Gasteiger partial charge in [0, 0.05) is 6.21 Å². The van der Waals surface area contributed by atoms with E-state index in [4.69, 9.17) is 4.99 Å². The minimum Gasteiger partial charge on any atom is -0.255 e. The first kappa shape index (κ1) is 37.7. The number of allylic oxidation sites excluding steroid dienone is 1. The number of aliphatic imine (C=N–C) groups is 2. The Hall–Kier alpha value is -2.48. The molecule has 0 aliphatic heterocycles. The van der Waals surface area contributed by atoms with Crippen molar-refractivity contribution in [2.75, 3.05) is 0 Å². The lowest BCUT2D eigenvalue weighted by atomic mass is 10.0. The number of nitrogens with zero attached hydrogens (tertiary/aromatic N) is 2. The Kier molecular flexibility index (Phi) is 24.0. The molecule has 0 N–H and O–H groups in total. The maximum atomic E-state index is 4.98. The normalized spacial score (nSPS) is 12.2. The van der Waals surface area contributed by atoms with Gasteiger partial charge >= 0.3 is 0 Å². The molecule has 2 nitrogen and oxygen atoms in total. The molecule has 44 heavy (non-hydrogen) atoms. The molecular weight excluding hydrogens is 532 g/mol. The van der Waals surface area contributed by atoms with E-state index in [1.54, 1.807) is 0 Å². The smallest absolute Gasteiger partial charge is 0.0639 e. The molecule has 2 aromatic rings. The second kappa shape index (κ2) is 28.0. The summed E-state index contributed by atoms with van der Waals surface area (Å²) in [5.74, 6) is 0. The van der Waals surface area contributed by atoms with Crippen molar-refractivity contribution >= 4 is 29.4 Å². The molecule has 0 saturated heterocycles. The fourth-order valence-electron chi connectivity index (χ4n) is 5.79. The van der Waals surface area contributed by atoms with Crippen molar-refractivity contribution in [3.8, 4) is 0 Å². The Bertz CT molecular complexity index is 1000. The molecule has 0 atom stereocenters. The van der Waals surface area contributed by atoms with Crippen LogP contribution in [0, 0.1) is 0 Å². The van der Waals surface area contributed by atoms with Crippen molar-refractivity contribution in [3.63, 3.8) is 0 Å². The Labute approximate surface area is 273 Å². The van der Waals surface area contributed by atoms with Crippen molar-refractivity contribution in [1.29, 1.82) is 0 Å². The molecule has 0 bridgehead atoms. The van der Waals surface area contributed by atoms with E-state index in [1.807, 2.05) is 36.5 Å². The second-order valence-corrected chi connectivity index (χ2v) is 12.8. The molecule has 2 rings (SSSR count). The summed E-state index contributed by atoms with van der Waals surface area (Å²) in [6, 6.07) is 18.7. The van der Waals surface area contributed by atoms with Gasteiger partial charge in [-0.25, -0.2) is 0 Å². The zero-order valence-electron chi connectivity index (χ0n) is 28.8. The number of hydrogen-bond acceptors (Lipinski definition) is 2. The van der Waals surface area contributed by atoms with E-state index in [0.29, 0.717) is 0 Å². The molecule has 0 unspecified atom stereocenters. The van der Waals surface area contributed by atoms with Crippen LogP contribution in [-0.4, -0.2) is 11.9 Å². The van der Waals surface area contributed by atoms with Gasteiger partial charge in [-0.15, -0.1) is 0 Å². The third-order valence-corrected chi connectivity index (χ3v) is 8.58. The maximum absolute atomic E-state index is 4.98. The van der Waals surface area contributed by atoms with E-state index in [2.05, 4.69) is 55.3 Å². The van der Waals surface area contributed by atoms with Crippen LogP contribution < -0.4 is 0 Å². The lowest BCUT2D eigenvalue weighted by molar-refractivity contribution is 0.523. The van der Waals surface area contributed by atoms with Crippen molar-refractivity contribution in [2.24, 2.45) is 9.98 Å². The Morgan fingerprint density at radius 1 is 0.523 bits per heavy atom. The van der Waals surface area contributed by atoms with E-state index >= 15 is 0 Å². The van der Waals surface area contributed by atoms with E-state index < -0.39 is 0 Å². The predicted molar refractivity (Wildman–Crippen MR) is 199 cm³/mol. The second-order valence-electron chi connectivity index (χ2n) is 12.8. The molecule has 2 heteroatoms. The molecule has 0 aromatic heterocycles. The maximum Gasteiger partial charge on any atom is 0.0639 e. The Morgan fingerprint density at radius 3 is 1.59 bits per heavy atom. The summed E-state index contributed by atoms with van der Waals surface area (Å²) in [5, 5.41) is 0. The van der Waals surface area contributed by atoms with Crippen LogP contribution in [0.15, 0.2) is 70.7 Å². The molecule has 0 amide bonds. The number of hydrogen-bond donors (Lipinski definition) is 0. The first-order chi connectivity index (χ1) is 21.8. The largest absolute Gasteiger partial charge is 0.255 e.